The summed E-state index contributed by atoms with van der Waals surface area (Å²) in [6.45, 7) is 3.29. The van der Waals surface area contributed by atoms with Crippen molar-refractivity contribution in [1.29, 1.82) is 0 Å². The summed E-state index contributed by atoms with van der Waals surface area (Å²) in [7, 11) is 2.11. The molecule has 0 bridgehead atoms. The van der Waals surface area contributed by atoms with Crippen LogP contribution < -0.4 is 10.2 Å². The summed E-state index contributed by atoms with van der Waals surface area (Å²) in [6.07, 6.45) is 3.70. The monoisotopic (exact) mass is 378 g/mol. The van der Waals surface area contributed by atoms with Crippen molar-refractivity contribution in [2.24, 2.45) is 0 Å². The molecule has 3 aromatic rings. The second-order valence-electron chi connectivity index (χ2n) is 7.18. The van der Waals surface area contributed by atoms with Crippen LogP contribution in [-0.2, 0) is 13.0 Å². The van der Waals surface area contributed by atoms with Crippen LogP contribution in [0.15, 0.2) is 48.7 Å². The van der Waals surface area contributed by atoms with Crippen LogP contribution in [0.2, 0.25) is 0 Å². The van der Waals surface area contributed by atoms with Gasteiger partial charge in [0.2, 0.25) is 0 Å². The number of amides is 1. The van der Waals surface area contributed by atoms with Gasteiger partial charge in [0, 0.05) is 25.8 Å². The minimum absolute atomic E-state index is 0.213. The maximum atomic E-state index is 14.0. The van der Waals surface area contributed by atoms with Gasteiger partial charge in [-0.3, -0.25) is 4.79 Å². The van der Waals surface area contributed by atoms with E-state index in [2.05, 4.69) is 40.6 Å². The molecule has 0 unspecified atom stereocenters. The van der Waals surface area contributed by atoms with Gasteiger partial charge in [-0.2, -0.15) is 5.10 Å². The maximum Gasteiger partial charge on any atom is 0.255 e. The zero-order chi connectivity index (χ0) is 19.7. The summed E-state index contributed by atoms with van der Waals surface area (Å²) in [5.74, 6) is -0.588. The normalized spacial score (nSPS) is 13.3. The van der Waals surface area contributed by atoms with E-state index in [9.17, 15) is 9.18 Å². The average Bonchev–Trinajstić information content (AvgIpc) is 3.08. The molecule has 28 heavy (non-hydrogen) atoms. The second-order valence-corrected chi connectivity index (χ2v) is 7.18. The Morgan fingerprint density at radius 3 is 2.86 bits per heavy atom. The minimum Gasteiger partial charge on any atom is -0.374 e. The van der Waals surface area contributed by atoms with E-state index in [0.717, 1.165) is 24.9 Å². The molecule has 0 saturated heterocycles. The van der Waals surface area contributed by atoms with Crippen LogP contribution in [0.3, 0.4) is 0 Å². The Morgan fingerprint density at radius 1 is 1.21 bits per heavy atom. The number of nitrogens with zero attached hydrogens (tertiary/aromatic N) is 3. The van der Waals surface area contributed by atoms with Gasteiger partial charge >= 0.3 is 0 Å². The maximum absolute atomic E-state index is 14.0. The summed E-state index contributed by atoms with van der Waals surface area (Å²) in [5, 5.41) is 7.15. The third kappa shape index (κ3) is 3.38. The van der Waals surface area contributed by atoms with Gasteiger partial charge in [-0.05, 0) is 49.1 Å². The molecule has 1 N–H and O–H groups in total. The van der Waals surface area contributed by atoms with Crippen LogP contribution in [-0.4, -0.2) is 29.3 Å². The van der Waals surface area contributed by atoms with E-state index in [1.165, 1.54) is 28.2 Å². The molecule has 5 nitrogen and oxygen atoms in total. The molecule has 144 valence electrons. The lowest BCUT2D eigenvalue weighted by atomic mass is 9.99. The number of carbonyl (C=O) groups is 1. The molecular weight excluding hydrogens is 355 g/mol. The van der Waals surface area contributed by atoms with E-state index in [4.69, 9.17) is 0 Å². The first-order chi connectivity index (χ1) is 13.5. The number of hydrogen-bond donors (Lipinski definition) is 1. The number of aromatic nitrogens is 2. The summed E-state index contributed by atoms with van der Waals surface area (Å²) in [5.41, 5.74) is 5.04. The van der Waals surface area contributed by atoms with Gasteiger partial charge in [-0.15, -0.1) is 0 Å². The summed E-state index contributed by atoms with van der Waals surface area (Å²) < 4.78 is 15.5. The molecular formula is C22H23FN4O. The lowest BCUT2D eigenvalue weighted by Gasteiger charge is -2.27. The third-order valence-electron chi connectivity index (χ3n) is 5.28. The Bertz CT molecular complexity index is 1030. The van der Waals surface area contributed by atoms with Gasteiger partial charge in [0.05, 0.1) is 17.5 Å². The predicted molar refractivity (Wildman–Crippen MR) is 107 cm³/mol. The Balaban J connectivity index is 1.49. The standard InChI is InChI=1S/C22H23FN4O/c1-15-18(14-25-27(15)21-8-4-3-7-19(21)23)22(28)24-13-16-9-10-20-17(12-16)6-5-11-26(20)2/h3-4,7-10,12,14H,5-6,11,13H2,1-2H3,(H,24,28). The largest absolute Gasteiger partial charge is 0.374 e. The van der Waals surface area contributed by atoms with Crippen LogP contribution >= 0.6 is 0 Å². The fourth-order valence-corrected chi connectivity index (χ4v) is 3.73. The van der Waals surface area contributed by atoms with Crippen LogP contribution in [0.1, 0.15) is 33.6 Å². The van der Waals surface area contributed by atoms with Crippen molar-refractivity contribution in [2.45, 2.75) is 26.3 Å². The number of nitrogens with one attached hydrogen (secondary N) is 1. The summed E-state index contributed by atoms with van der Waals surface area (Å²) in [4.78, 5) is 14.9. The fraction of sp³-hybridized carbons (Fsp3) is 0.273. The molecule has 2 heterocycles. The zero-order valence-corrected chi connectivity index (χ0v) is 16.1. The van der Waals surface area contributed by atoms with Gasteiger partial charge in [0.25, 0.3) is 5.91 Å². The van der Waals surface area contributed by atoms with Crippen molar-refractivity contribution in [1.82, 2.24) is 15.1 Å². The molecule has 0 aliphatic carbocycles. The Kier molecular flexibility index (Phi) is 4.86. The van der Waals surface area contributed by atoms with Crippen LogP contribution in [0, 0.1) is 12.7 Å². The number of carbonyl (C=O) groups excluding carboxylic acids is 1. The van der Waals surface area contributed by atoms with Crippen LogP contribution in [0.4, 0.5) is 10.1 Å². The number of aryl methyl sites for hydroxylation is 1. The van der Waals surface area contributed by atoms with E-state index in [1.807, 2.05) is 0 Å². The molecule has 1 aliphatic heterocycles. The highest BCUT2D eigenvalue weighted by molar-refractivity contribution is 5.95. The molecule has 0 fully saturated rings. The first-order valence-electron chi connectivity index (χ1n) is 9.45. The highest BCUT2D eigenvalue weighted by Crippen LogP contribution is 2.26. The van der Waals surface area contributed by atoms with Gasteiger partial charge < -0.3 is 10.2 Å². The Morgan fingerprint density at radius 2 is 2.04 bits per heavy atom. The molecule has 0 spiro atoms. The molecule has 1 amide bonds. The van der Waals surface area contributed by atoms with E-state index >= 15 is 0 Å². The van der Waals surface area contributed by atoms with Crippen molar-refractivity contribution in [3.8, 4) is 5.69 Å². The van der Waals surface area contributed by atoms with Crippen molar-refractivity contribution in [2.75, 3.05) is 18.5 Å². The number of benzene rings is 2. The molecule has 2 aromatic carbocycles. The third-order valence-corrected chi connectivity index (χ3v) is 5.28. The number of halogens is 1. The van der Waals surface area contributed by atoms with Gasteiger partial charge in [-0.25, -0.2) is 9.07 Å². The van der Waals surface area contributed by atoms with Crippen molar-refractivity contribution in [3.63, 3.8) is 0 Å². The van der Waals surface area contributed by atoms with Crippen LogP contribution in [0.5, 0.6) is 0 Å². The molecule has 1 aliphatic rings. The number of anilines is 1. The summed E-state index contributed by atoms with van der Waals surface area (Å²) >= 11 is 0. The average molecular weight is 378 g/mol. The van der Waals surface area contributed by atoms with Gasteiger partial charge in [0.15, 0.2) is 0 Å². The smallest absolute Gasteiger partial charge is 0.255 e. The highest BCUT2D eigenvalue weighted by Gasteiger charge is 2.17. The van der Waals surface area contributed by atoms with E-state index < -0.39 is 0 Å². The van der Waals surface area contributed by atoms with Gasteiger partial charge in [0.1, 0.15) is 11.5 Å². The molecule has 4 rings (SSSR count). The number of fused-ring (bicyclic) bond motifs is 1. The van der Waals surface area contributed by atoms with Crippen LogP contribution in [0.25, 0.3) is 5.69 Å². The summed E-state index contributed by atoms with van der Waals surface area (Å²) in [6, 6.07) is 12.7. The first-order valence-corrected chi connectivity index (χ1v) is 9.45. The molecule has 0 atom stereocenters. The predicted octanol–water partition coefficient (Wildman–Crippen LogP) is 3.63. The lowest BCUT2D eigenvalue weighted by molar-refractivity contribution is 0.0950. The molecule has 1 aromatic heterocycles. The molecule has 6 heteroatoms. The molecule has 0 saturated carbocycles. The lowest BCUT2D eigenvalue weighted by Crippen LogP contribution is -2.26. The molecule has 0 radical (unpaired) electrons. The van der Waals surface area contributed by atoms with E-state index in [-0.39, 0.29) is 11.7 Å². The topological polar surface area (TPSA) is 50.2 Å². The Hall–Kier alpha value is -3.15. The van der Waals surface area contributed by atoms with E-state index in [1.54, 1.807) is 25.1 Å². The van der Waals surface area contributed by atoms with Crippen molar-refractivity contribution < 1.29 is 9.18 Å². The highest BCUT2D eigenvalue weighted by atomic mass is 19.1. The van der Waals surface area contributed by atoms with Crippen molar-refractivity contribution >= 4 is 11.6 Å². The zero-order valence-electron chi connectivity index (χ0n) is 16.1. The first kappa shape index (κ1) is 18.2. The van der Waals surface area contributed by atoms with Crippen molar-refractivity contribution in [3.05, 3.63) is 76.9 Å². The number of hydrogen-bond acceptors (Lipinski definition) is 3. The fourth-order valence-electron chi connectivity index (χ4n) is 3.73. The number of para-hydroxylation sites is 1. The second kappa shape index (κ2) is 7.46. The van der Waals surface area contributed by atoms with E-state index in [0.29, 0.717) is 23.5 Å². The SMILES string of the molecule is Cc1c(C(=O)NCc2ccc3c(c2)CCCN3C)cnn1-c1ccccc1F. The Labute approximate surface area is 163 Å². The van der Waals surface area contributed by atoms with Gasteiger partial charge in [-0.1, -0.05) is 24.3 Å². The number of rotatable bonds is 4. The quantitative estimate of drug-likeness (QED) is 0.754. The minimum atomic E-state index is -0.375.